The van der Waals surface area contributed by atoms with Crippen LogP contribution in [0.2, 0.25) is 0 Å². The summed E-state index contributed by atoms with van der Waals surface area (Å²) < 4.78 is 56.7. The number of nitrogens with zero attached hydrogens (tertiary/aromatic N) is 4. The lowest BCUT2D eigenvalue weighted by molar-refractivity contribution is -0.138. The SMILES string of the molecule is CN1CCN(c2ccc(-c3cc(CN4CCC(N5CCCCC5)CC4)ccc3F)cc2NC(=O)c2c[nH]c(=O)cc2C(F)(F)F)CC1. The maximum atomic E-state index is 15.4. The number of H-pyrrole nitrogens is 1. The van der Waals surface area contributed by atoms with Gasteiger partial charge in [-0.15, -0.1) is 0 Å². The molecule has 2 N–H and O–H groups in total. The molecule has 47 heavy (non-hydrogen) atoms. The number of piperazine rings is 1. The van der Waals surface area contributed by atoms with Crippen LogP contribution in [0.15, 0.2) is 53.5 Å². The minimum absolute atomic E-state index is 0.265. The Balaban J connectivity index is 1.25. The van der Waals surface area contributed by atoms with Gasteiger partial charge in [-0.25, -0.2) is 4.39 Å². The van der Waals surface area contributed by atoms with E-state index in [1.165, 1.54) is 38.4 Å². The monoisotopic (exact) mass is 654 g/mol. The third-order valence-electron chi connectivity index (χ3n) is 9.78. The maximum absolute atomic E-state index is 15.4. The topological polar surface area (TPSA) is 74.9 Å². The van der Waals surface area contributed by atoms with Gasteiger partial charge in [0.05, 0.1) is 22.5 Å². The number of aromatic amines is 1. The van der Waals surface area contributed by atoms with E-state index in [0.717, 1.165) is 50.8 Å². The maximum Gasteiger partial charge on any atom is 0.417 e. The molecular weight excluding hydrogens is 612 g/mol. The minimum Gasteiger partial charge on any atom is -0.367 e. The smallest absolute Gasteiger partial charge is 0.367 e. The molecule has 2 aromatic carbocycles. The van der Waals surface area contributed by atoms with Gasteiger partial charge in [0.1, 0.15) is 5.82 Å². The molecule has 0 unspecified atom stereocenters. The minimum atomic E-state index is -4.91. The van der Waals surface area contributed by atoms with Gasteiger partial charge in [-0.3, -0.25) is 14.5 Å². The second kappa shape index (κ2) is 14.2. The van der Waals surface area contributed by atoms with E-state index in [4.69, 9.17) is 0 Å². The van der Waals surface area contributed by atoms with E-state index in [0.29, 0.717) is 48.6 Å². The Hall–Kier alpha value is -3.74. The molecule has 0 radical (unpaired) electrons. The van der Waals surface area contributed by atoms with E-state index in [2.05, 4.69) is 29.9 Å². The second-order valence-electron chi connectivity index (χ2n) is 13.0. The lowest BCUT2D eigenvalue weighted by atomic mass is 9.98. The lowest BCUT2D eigenvalue weighted by Gasteiger charge is -2.40. The number of benzene rings is 2. The molecule has 1 aromatic heterocycles. The summed E-state index contributed by atoms with van der Waals surface area (Å²) >= 11 is 0. The highest BCUT2D eigenvalue weighted by Crippen LogP contribution is 2.36. The number of hydrogen-bond acceptors (Lipinski definition) is 6. The number of carbonyl (C=O) groups is 1. The molecule has 252 valence electrons. The molecule has 3 aromatic rings. The fraction of sp³-hybridized carbons (Fsp3) is 0.486. The molecule has 12 heteroatoms. The van der Waals surface area contributed by atoms with Crippen LogP contribution in [-0.2, 0) is 12.7 Å². The third-order valence-corrected chi connectivity index (χ3v) is 9.78. The molecule has 1 amide bonds. The number of halogens is 4. The number of carbonyl (C=O) groups excluding carboxylic acids is 1. The van der Waals surface area contributed by atoms with Crippen molar-refractivity contribution >= 4 is 17.3 Å². The summed E-state index contributed by atoms with van der Waals surface area (Å²) in [4.78, 5) is 36.5. The zero-order chi connectivity index (χ0) is 33.1. The number of rotatable bonds is 7. The van der Waals surface area contributed by atoms with Crippen LogP contribution < -0.4 is 15.8 Å². The lowest BCUT2D eigenvalue weighted by Crippen LogP contribution is -2.46. The van der Waals surface area contributed by atoms with Crippen LogP contribution in [0.5, 0.6) is 0 Å². The highest BCUT2D eigenvalue weighted by atomic mass is 19.4. The molecule has 4 heterocycles. The number of aromatic nitrogens is 1. The molecule has 0 aliphatic carbocycles. The number of anilines is 2. The van der Waals surface area contributed by atoms with E-state index >= 15 is 4.39 Å². The summed E-state index contributed by atoms with van der Waals surface area (Å²) in [6, 6.07) is 11.3. The van der Waals surface area contributed by atoms with E-state index in [-0.39, 0.29) is 5.69 Å². The van der Waals surface area contributed by atoms with Crippen LogP contribution in [0.1, 0.15) is 53.6 Å². The van der Waals surface area contributed by atoms with Gasteiger partial charge in [0, 0.05) is 56.6 Å². The Morgan fingerprint density at radius 2 is 1.64 bits per heavy atom. The number of nitrogens with one attached hydrogen (secondary N) is 2. The van der Waals surface area contributed by atoms with Crippen molar-refractivity contribution in [2.24, 2.45) is 0 Å². The number of alkyl halides is 3. The molecule has 0 spiro atoms. The van der Waals surface area contributed by atoms with Crippen LogP contribution in [0.25, 0.3) is 11.1 Å². The standard InChI is InChI=1S/C35H42F4N6O2/c1-42-15-17-45(18-16-42)32-8-6-25(20-31(32)41-34(47)28-22-40-33(46)21-29(28)35(37,38)39)27-19-24(5-7-30(27)36)23-43-13-9-26(10-14-43)44-11-3-2-4-12-44/h5-8,19-22,26H,2-4,9-18,23H2,1H3,(H,40,46)(H,41,47). The molecule has 0 saturated carbocycles. The molecule has 0 bridgehead atoms. The van der Waals surface area contributed by atoms with Gasteiger partial charge in [-0.1, -0.05) is 18.6 Å². The van der Waals surface area contributed by atoms with Crippen LogP contribution in [0.4, 0.5) is 28.9 Å². The quantitative estimate of drug-likeness (QED) is 0.321. The summed E-state index contributed by atoms with van der Waals surface area (Å²) in [5, 5.41) is 2.66. The van der Waals surface area contributed by atoms with Crippen molar-refractivity contribution in [3.05, 3.63) is 81.5 Å². The molecule has 3 aliphatic rings. The first-order valence-electron chi connectivity index (χ1n) is 16.5. The van der Waals surface area contributed by atoms with Crippen molar-refractivity contribution in [2.75, 3.05) is 69.6 Å². The van der Waals surface area contributed by atoms with Crippen LogP contribution in [0.3, 0.4) is 0 Å². The van der Waals surface area contributed by atoms with Gasteiger partial charge in [-0.05, 0) is 94.3 Å². The predicted molar refractivity (Wildman–Crippen MR) is 175 cm³/mol. The first kappa shape index (κ1) is 33.2. The Morgan fingerprint density at radius 1 is 0.915 bits per heavy atom. The van der Waals surface area contributed by atoms with Gasteiger partial charge >= 0.3 is 6.18 Å². The first-order chi connectivity index (χ1) is 22.5. The van der Waals surface area contributed by atoms with Crippen molar-refractivity contribution in [3.63, 3.8) is 0 Å². The number of amides is 1. The average Bonchev–Trinajstić information content (AvgIpc) is 3.06. The Morgan fingerprint density at radius 3 is 2.34 bits per heavy atom. The highest BCUT2D eigenvalue weighted by Gasteiger charge is 2.36. The van der Waals surface area contributed by atoms with Gasteiger partial charge in [0.2, 0.25) is 5.56 Å². The molecule has 0 atom stereocenters. The zero-order valence-electron chi connectivity index (χ0n) is 26.7. The molecule has 3 fully saturated rings. The fourth-order valence-electron chi connectivity index (χ4n) is 7.09. The van der Waals surface area contributed by atoms with Gasteiger partial charge in [0.25, 0.3) is 5.91 Å². The van der Waals surface area contributed by atoms with Crippen molar-refractivity contribution in [3.8, 4) is 11.1 Å². The number of likely N-dealkylation sites (tertiary alicyclic amines) is 2. The van der Waals surface area contributed by atoms with Crippen molar-refractivity contribution < 1.29 is 22.4 Å². The van der Waals surface area contributed by atoms with E-state index in [1.54, 1.807) is 24.3 Å². The Labute approximate surface area is 272 Å². The summed E-state index contributed by atoms with van der Waals surface area (Å²) in [5.74, 6) is -1.45. The number of piperidine rings is 2. The van der Waals surface area contributed by atoms with Crippen LogP contribution in [0, 0.1) is 5.82 Å². The molecule has 3 aliphatic heterocycles. The summed E-state index contributed by atoms with van der Waals surface area (Å²) in [7, 11) is 2.00. The molecule has 6 rings (SSSR count). The first-order valence-corrected chi connectivity index (χ1v) is 16.5. The summed E-state index contributed by atoms with van der Waals surface area (Å²) in [5.41, 5.74) is -0.281. The molecule has 8 nitrogen and oxygen atoms in total. The molecule has 3 saturated heterocycles. The molecular formula is C35H42F4N6O2. The largest absolute Gasteiger partial charge is 0.417 e. The van der Waals surface area contributed by atoms with Crippen molar-refractivity contribution in [1.82, 2.24) is 19.7 Å². The van der Waals surface area contributed by atoms with Gasteiger partial charge in [-0.2, -0.15) is 13.2 Å². The number of pyridine rings is 1. The fourth-order valence-corrected chi connectivity index (χ4v) is 7.09. The van der Waals surface area contributed by atoms with Gasteiger partial charge in [0.15, 0.2) is 0 Å². The Kier molecular flexibility index (Phi) is 10.00. The third kappa shape index (κ3) is 7.88. The van der Waals surface area contributed by atoms with Crippen molar-refractivity contribution in [1.29, 1.82) is 0 Å². The van der Waals surface area contributed by atoms with Gasteiger partial charge < -0.3 is 25.0 Å². The number of hydrogen-bond donors (Lipinski definition) is 2. The van der Waals surface area contributed by atoms with E-state index in [9.17, 15) is 22.8 Å². The van der Waals surface area contributed by atoms with Crippen LogP contribution in [-0.4, -0.2) is 91.0 Å². The zero-order valence-corrected chi connectivity index (χ0v) is 26.7. The summed E-state index contributed by atoms with van der Waals surface area (Å²) in [6.45, 7) is 7.84. The highest BCUT2D eigenvalue weighted by molar-refractivity contribution is 6.07. The van der Waals surface area contributed by atoms with Crippen LogP contribution >= 0.6 is 0 Å². The van der Waals surface area contributed by atoms with Crippen molar-refractivity contribution in [2.45, 2.75) is 50.9 Å². The number of likely N-dealkylation sites (N-methyl/N-ethyl adjacent to an activating group) is 1. The second-order valence-corrected chi connectivity index (χ2v) is 13.0. The summed E-state index contributed by atoms with van der Waals surface area (Å²) in [6.07, 6.45) is 1.99. The van der Waals surface area contributed by atoms with E-state index < -0.39 is 34.6 Å². The van der Waals surface area contributed by atoms with E-state index in [1.807, 2.05) is 13.1 Å². The normalized spacial score (nSPS) is 19.2. The Bertz CT molecular complexity index is 1620. The predicted octanol–water partition coefficient (Wildman–Crippen LogP) is 5.65. The average molecular weight is 655 g/mol.